The van der Waals surface area contributed by atoms with Crippen LogP contribution in [0.2, 0.25) is 0 Å². The van der Waals surface area contributed by atoms with E-state index in [2.05, 4.69) is 11.6 Å². The highest BCUT2D eigenvalue weighted by atomic mass is 19.1. The lowest BCUT2D eigenvalue weighted by atomic mass is 9.95. The van der Waals surface area contributed by atoms with E-state index >= 15 is 0 Å². The van der Waals surface area contributed by atoms with Crippen LogP contribution in [0.3, 0.4) is 0 Å². The molecule has 0 spiro atoms. The number of benzene rings is 2. The number of carbonyl (C=O) groups excluding carboxylic acids is 2. The van der Waals surface area contributed by atoms with Gasteiger partial charge in [-0.2, -0.15) is 0 Å². The second-order valence-corrected chi connectivity index (χ2v) is 7.83. The fourth-order valence-electron chi connectivity index (χ4n) is 3.99. The number of ether oxygens (including phenoxy) is 1. The van der Waals surface area contributed by atoms with Crippen molar-refractivity contribution in [1.29, 1.82) is 0 Å². The number of aryl methyl sites for hydroxylation is 1. The van der Waals surface area contributed by atoms with Crippen molar-refractivity contribution in [2.24, 2.45) is 0 Å². The van der Waals surface area contributed by atoms with Gasteiger partial charge in [0.05, 0.1) is 17.9 Å². The summed E-state index contributed by atoms with van der Waals surface area (Å²) >= 11 is 0. The minimum atomic E-state index is -0.819. The van der Waals surface area contributed by atoms with Crippen LogP contribution in [0.4, 0.5) is 4.39 Å². The molecule has 8 heteroatoms. The first kappa shape index (κ1) is 23.0. The lowest BCUT2D eigenvalue weighted by molar-refractivity contribution is -0.139. The zero-order valence-corrected chi connectivity index (χ0v) is 18.4. The molecule has 1 aromatic heterocycles. The average Bonchev–Trinajstić information content (AvgIpc) is 3.45. The summed E-state index contributed by atoms with van der Waals surface area (Å²) in [5.41, 5.74) is 0.828. The van der Waals surface area contributed by atoms with Crippen molar-refractivity contribution in [3.8, 4) is 5.75 Å². The minimum Gasteiger partial charge on any atom is -0.507 e. The van der Waals surface area contributed by atoms with E-state index < -0.39 is 23.5 Å². The summed E-state index contributed by atoms with van der Waals surface area (Å²) in [6, 6.07) is 11.3. The molecule has 4 rings (SSSR count). The molecule has 174 valence electrons. The van der Waals surface area contributed by atoms with Gasteiger partial charge in [0.15, 0.2) is 0 Å². The maximum absolute atomic E-state index is 13.4. The van der Waals surface area contributed by atoms with Gasteiger partial charge in [0.2, 0.25) is 0 Å². The third-order valence-electron chi connectivity index (χ3n) is 5.57. The molecule has 2 heterocycles. The molecule has 1 amide bonds. The quantitative estimate of drug-likeness (QED) is 0.225. The Bertz CT molecular complexity index is 1220. The number of hydrogen-bond acceptors (Lipinski definition) is 5. The maximum Gasteiger partial charge on any atom is 0.295 e. The number of nitrogens with zero attached hydrogens (tertiary/aromatic N) is 3. The number of Topliss-reactive ketones (excluding diaryl/α,β-unsaturated/α-hetero) is 1. The molecule has 1 aliphatic heterocycles. The molecule has 0 radical (unpaired) electrons. The summed E-state index contributed by atoms with van der Waals surface area (Å²) < 4.78 is 20.9. The van der Waals surface area contributed by atoms with E-state index in [1.807, 2.05) is 10.8 Å². The highest BCUT2D eigenvalue weighted by Gasteiger charge is 2.45. The Balaban J connectivity index is 1.73. The molecule has 3 aromatic rings. The maximum atomic E-state index is 13.4. The van der Waals surface area contributed by atoms with Crippen LogP contribution in [-0.2, 0) is 16.1 Å². The fraction of sp³-hybridized carbons (Fsp3) is 0.192. The van der Waals surface area contributed by atoms with E-state index in [4.69, 9.17) is 4.74 Å². The molecule has 0 aliphatic carbocycles. The summed E-state index contributed by atoms with van der Waals surface area (Å²) in [5, 5.41) is 11.0. The van der Waals surface area contributed by atoms with Crippen LogP contribution in [0.5, 0.6) is 5.75 Å². The van der Waals surface area contributed by atoms with E-state index in [1.165, 1.54) is 29.2 Å². The summed E-state index contributed by atoms with van der Waals surface area (Å²) in [6.45, 7) is 4.83. The number of imidazole rings is 1. The van der Waals surface area contributed by atoms with Crippen molar-refractivity contribution < 1.29 is 23.8 Å². The Kier molecular flexibility index (Phi) is 6.87. The van der Waals surface area contributed by atoms with Crippen molar-refractivity contribution in [3.63, 3.8) is 0 Å². The number of rotatable bonds is 9. The number of carbonyl (C=O) groups is 2. The third kappa shape index (κ3) is 4.76. The van der Waals surface area contributed by atoms with Gasteiger partial charge >= 0.3 is 0 Å². The number of aromatic nitrogens is 2. The molecule has 7 nitrogen and oxygen atoms in total. The van der Waals surface area contributed by atoms with Crippen LogP contribution < -0.4 is 4.74 Å². The van der Waals surface area contributed by atoms with Crippen molar-refractivity contribution in [2.75, 3.05) is 13.2 Å². The van der Waals surface area contributed by atoms with Gasteiger partial charge in [-0.05, 0) is 48.4 Å². The number of hydrogen-bond donors (Lipinski definition) is 1. The molecular formula is C26H24FN3O4. The van der Waals surface area contributed by atoms with Crippen LogP contribution in [0.1, 0.15) is 23.6 Å². The SMILES string of the molecule is C=CCOc1cccc([C@@H]2/C(=C(\O)c3ccc(F)cc3)C(=O)C(=O)N2CCCn2ccnc2)c1. The van der Waals surface area contributed by atoms with E-state index in [-0.39, 0.29) is 23.4 Å². The monoisotopic (exact) mass is 461 g/mol. The first-order chi connectivity index (χ1) is 16.5. The number of halogens is 1. The Morgan fingerprint density at radius 1 is 1.18 bits per heavy atom. The van der Waals surface area contributed by atoms with E-state index in [0.29, 0.717) is 30.9 Å². The van der Waals surface area contributed by atoms with Crippen LogP contribution in [-0.4, -0.2) is 44.4 Å². The zero-order valence-electron chi connectivity index (χ0n) is 18.4. The molecule has 0 bridgehead atoms. The molecular weight excluding hydrogens is 437 g/mol. The molecule has 0 saturated carbocycles. The van der Waals surface area contributed by atoms with Gasteiger partial charge in [-0.25, -0.2) is 9.37 Å². The zero-order chi connectivity index (χ0) is 24.1. The number of ketones is 1. The first-order valence-corrected chi connectivity index (χ1v) is 10.8. The highest BCUT2D eigenvalue weighted by Crippen LogP contribution is 2.40. The Morgan fingerprint density at radius 2 is 1.97 bits per heavy atom. The van der Waals surface area contributed by atoms with Crippen LogP contribution >= 0.6 is 0 Å². The number of aliphatic hydroxyl groups excluding tert-OH is 1. The van der Waals surface area contributed by atoms with Crippen molar-refractivity contribution in [2.45, 2.75) is 19.0 Å². The largest absolute Gasteiger partial charge is 0.507 e. The van der Waals surface area contributed by atoms with Gasteiger partial charge in [-0.1, -0.05) is 24.8 Å². The minimum absolute atomic E-state index is 0.0416. The smallest absolute Gasteiger partial charge is 0.295 e. The van der Waals surface area contributed by atoms with Gasteiger partial charge in [0.1, 0.15) is 23.9 Å². The van der Waals surface area contributed by atoms with Crippen molar-refractivity contribution >= 4 is 17.4 Å². The first-order valence-electron chi connectivity index (χ1n) is 10.8. The molecule has 1 saturated heterocycles. The number of likely N-dealkylation sites (tertiary alicyclic amines) is 1. The van der Waals surface area contributed by atoms with Crippen LogP contribution in [0, 0.1) is 5.82 Å². The van der Waals surface area contributed by atoms with Gasteiger partial charge < -0.3 is 19.3 Å². The van der Waals surface area contributed by atoms with E-state index in [0.717, 1.165) is 0 Å². The third-order valence-corrected chi connectivity index (χ3v) is 5.57. The van der Waals surface area contributed by atoms with E-state index in [1.54, 1.807) is 42.9 Å². The highest BCUT2D eigenvalue weighted by molar-refractivity contribution is 6.46. The van der Waals surface area contributed by atoms with Crippen LogP contribution in [0.15, 0.2) is 85.5 Å². The summed E-state index contributed by atoms with van der Waals surface area (Å²) in [7, 11) is 0. The molecule has 1 N–H and O–H groups in total. The lowest BCUT2D eigenvalue weighted by Gasteiger charge is -2.25. The predicted molar refractivity (Wildman–Crippen MR) is 124 cm³/mol. The summed E-state index contributed by atoms with van der Waals surface area (Å²) in [5.74, 6) is -1.76. The number of aliphatic hydroxyl groups is 1. The van der Waals surface area contributed by atoms with Gasteiger partial charge in [0, 0.05) is 31.0 Å². The fourth-order valence-corrected chi connectivity index (χ4v) is 3.99. The Hall–Kier alpha value is -4.20. The molecule has 2 aromatic carbocycles. The normalized spacial score (nSPS) is 17.2. The number of amides is 1. The second kappa shape index (κ2) is 10.2. The van der Waals surface area contributed by atoms with Gasteiger partial charge in [-0.15, -0.1) is 0 Å². The average molecular weight is 461 g/mol. The van der Waals surface area contributed by atoms with Crippen molar-refractivity contribution in [3.05, 3.63) is 102 Å². The van der Waals surface area contributed by atoms with Gasteiger partial charge in [0.25, 0.3) is 11.7 Å². The topological polar surface area (TPSA) is 84.7 Å². The molecule has 34 heavy (non-hydrogen) atoms. The summed E-state index contributed by atoms with van der Waals surface area (Å²) in [6.07, 6.45) is 7.36. The van der Waals surface area contributed by atoms with Gasteiger partial charge in [-0.3, -0.25) is 9.59 Å². The lowest BCUT2D eigenvalue weighted by Crippen LogP contribution is -2.31. The van der Waals surface area contributed by atoms with Crippen molar-refractivity contribution in [1.82, 2.24) is 14.5 Å². The molecule has 0 unspecified atom stereocenters. The second-order valence-electron chi connectivity index (χ2n) is 7.83. The molecule has 1 aliphatic rings. The standard InChI is InChI=1S/C26H24FN3O4/c1-2-15-34-21-6-3-5-19(16-21)23-22(24(31)18-7-9-20(27)10-8-18)25(32)26(33)30(23)13-4-12-29-14-11-28-17-29/h2-3,5-11,14,16-17,23,31H,1,4,12-13,15H2/b24-22+/t23-/m1/s1. The van der Waals surface area contributed by atoms with Crippen LogP contribution in [0.25, 0.3) is 5.76 Å². The van der Waals surface area contributed by atoms with E-state index in [9.17, 15) is 19.1 Å². The summed E-state index contributed by atoms with van der Waals surface area (Å²) in [4.78, 5) is 31.6. The molecule has 1 atom stereocenters. The Morgan fingerprint density at radius 3 is 2.68 bits per heavy atom. The predicted octanol–water partition coefficient (Wildman–Crippen LogP) is 4.10. The Labute approximate surface area is 196 Å². The molecule has 1 fully saturated rings.